The van der Waals surface area contributed by atoms with E-state index in [2.05, 4.69) is 41.9 Å². The van der Waals surface area contributed by atoms with E-state index in [9.17, 15) is 0 Å². The summed E-state index contributed by atoms with van der Waals surface area (Å²) in [6.45, 7) is 9.73. The summed E-state index contributed by atoms with van der Waals surface area (Å²) in [5.74, 6) is 0. The molecule has 1 aromatic heterocycles. The molecule has 0 aliphatic heterocycles. The first-order chi connectivity index (χ1) is 8.73. The largest absolute Gasteiger partial charge is 0.311 e. The van der Waals surface area contributed by atoms with E-state index in [1.54, 1.807) is 0 Å². The zero-order valence-corrected chi connectivity index (χ0v) is 12.1. The second-order valence-electron chi connectivity index (χ2n) is 5.65. The predicted molar refractivity (Wildman–Crippen MR) is 75.6 cm³/mol. The number of nitrogens with one attached hydrogen (secondary N) is 1. The van der Waals surface area contributed by atoms with Gasteiger partial charge in [0.15, 0.2) is 0 Å². The number of nitrogens with zero attached hydrogens (tertiary/aromatic N) is 2. The van der Waals surface area contributed by atoms with Gasteiger partial charge in [-0.1, -0.05) is 20.3 Å². The smallest absolute Gasteiger partial charge is 0.0625 e. The highest BCUT2D eigenvalue weighted by atomic mass is 15.3. The molecule has 0 aromatic carbocycles. The Morgan fingerprint density at radius 2 is 2.11 bits per heavy atom. The minimum atomic E-state index is 0.638. The molecule has 0 bridgehead atoms. The summed E-state index contributed by atoms with van der Waals surface area (Å²) in [5, 5.41) is 8.23. The maximum atomic E-state index is 4.59. The van der Waals surface area contributed by atoms with Crippen LogP contribution in [0.1, 0.15) is 57.8 Å². The van der Waals surface area contributed by atoms with Gasteiger partial charge in [-0.15, -0.1) is 0 Å². The standard InChI is InChI=1S/C15H27N3/c1-4-7-15(8-9-15)12-16-11-14-10-13(5-2)17-18(14)6-3/h10,16H,4-9,11-12H2,1-3H3. The highest BCUT2D eigenvalue weighted by Crippen LogP contribution is 2.48. The maximum Gasteiger partial charge on any atom is 0.0625 e. The first-order valence-electron chi connectivity index (χ1n) is 7.49. The number of aromatic nitrogens is 2. The molecule has 18 heavy (non-hydrogen) atoms. The number of hydrogen-bond donors (Lipinski definition) is 1. The molecule has 0 spiro atoms. The highest BCUT2D eigenvalue weighted by molar-refractivity contribution is 5.10. The third-order valence-corrected chi connectivity index (χ3v) is 4.12. The fourth-order valence-corrected chi connectivity index (χ4v) is 2.78. The van der Waals surface area contributed by atoms with E-state index in [4.69, 9.17) is 0 Å². The lowest BCUT2D eigenvalue weighted by Gasteiger charge is -2.15. The van der Waals surface area contributed by atoms with Crippen LogP contribution >= 0.6 is 0 Å². The Kier molecular flexibility index (Phi) is 4.44. The Hall–Kier alpha value is -0.830. The molecule has 0 saturated heterocycles. The van der Waals surface area contributed by atoms with Gasteiger partial charge in [-0.05, 0) is 44.1 Å². The van der Waals surface area contributed by atoms with Crippen molar-refractivity contribution in [3.05, 3.63) is 17.5 Å². The van der Waals surface area contributed by atoms with Gasteiger partial charge in [-0.3, -0.25) is 4.68 Å². The molecule has 0 amide bonds. The van der Waals surface area contributed by atoms with Gasteiger partial charge in [-0.25, -0.2) is 0 Å². The quantitative estimate of drug-likeness (QED) is 0.767. The summed E-state index contributed by atoms with van der Waals surface area (Å²) in [5.41, 5.74) is 3.18. The second kappa shape index (κ2) is 5.87. The van der Waals surface area contributed by atoms with Crippen LogP contribution in [0.25, 0.3) is 0 Å². The molecule has 1 fully saturated rings. The highest BCUT2D eigenvalue weighted by Gasteiger charge is 2.40. The van der Waals surface area contributed by atoms with Crippen LogP contribution in [0.2, 0.25) is 0 Å². The Bertz CT molecular complexity index is 377. The molecule has 2 rings (SSSR count). The molecule has 1 aromatic rings. The zero-order chi connectivity index (χ0) is 13.0. The molecule has 1 aliphatic carbocycles. The first kappa shape index (κ1) is 13.6. The van der Waals surface area contributed by atoms with E-state index < -0.39 is 0 Å². The second-order valence-corrected chi connectivity index (χ2v) is 5.65. The number of hydrogen-bond acceptors (Lipinski definition) is 2. The molecule has 1 saturated carbocycles. The van der Waals surface area contributed by atoms with Crippen molar-refractivity contribution in [2.24, 2.45) is 5.41 Å². The summed E-state index contributed by atoms with van der Waals surface area (Å²) < 4.78 is 2.13. The topological polar surface area (TPSA) is 29.9 Å². The molecule has 1 aliphatic rings. The third kappa shape index (κ3) is 3.14. The van der Waals surface area contributed by atoms with Gasteiger partial charge < -0.3 is 5.32 Å². The van der Waals surface area contributed by atoms with Crippen molar-refractivity contribution in [3.8, 4) is 0 Å². The van der Waals surface area contributed by atoms with Crippen LogP contribution in [0.3, 0.4) is 0 Å². The molecule has 3 heteroatoms. The molecule has 0 unspecified atom stereocenters. The van der Waals surface area contributed by atoms with E-state index in [0.717, 1.165) is 19.5 Å². The minimum Gasteiger partial charge on any atom is -0.311 e. The fourth-order valence-electron chi connectivity index (χ4n) is 2.78. The van der Waals surface area contributed by atoms with E-state index in [0.29, 0.717) is 5.41 Å². The Balaban J connectivity index is 1.84. The first-order valence-corrected chi connectivity index (χ1v) is 7.49. The van der Waals surface area contributed by atoms with Crippen molar-refractivity contribution in [2.75, 3.05) is 6.54 Å². The molecular weight excluding hydrogens is 222 g/mol. The van der Waals surface area contributed by atoms with Crippen LogP contribution in [-0.2, 0) is 19.5 Å². The molecule has 0 radical (unpaired) electrons. The Labute approximate surface area is 111 Å². The van der Waals surface area contributed by atoms with Crippen LogP contribution in [-0.4, -0.2) is 16.3 Å². The van der Waals surface area contributed by atoms with Gasteiger partial charge in [0.05, 0.1) is 11.4 Å². The molecule has 102 valence electrons. The van der Waals surface area contributed by atoms with Gasteiger partial charge in [0.1, 0.15) is 0 Å². The van der Waals surface area contributed by atoms with Crippen molar-refractivity contribution in [1.29, 1.82) is 0 Å². The summed E-state index contributed by atoms with van der Waals surface area (Å²) in [4.78, 5) is 0. The van der Waals surface area contributed by atoms with E-state index in [-0.39, 0.29) is 0 Å². The van der Waals surface area contributed by atoms with Gasteiger partial charge >= 0.3 is 0 Å². The van der Waals surface area contributed by atoms with Crippen molar-refractivity contribution in [1.82, 2.24) is 15.1 Å². The van der Waals surface area contributed by atoms with Gasteiger partial charge in [0.25, 0.3) is 0 Å². The molecular formula is C15H27N3. The monoisotopic (exact) mass is 249 g/mol. The van der Waals surface area contributed by atoms with E-state index in [1.165, 1.54) is 43.6 Å². The van der Waals surface area contributed by atoms with Gasteiger partial charge in [-0.2, -0.15) is 5.10 Å². The van der Waals surface area contributed by atoms with E-state index >= 15 is 0 Å². The average Bonchev–Trinajstić information content (AvgIpc) is 3.01. The summed E-state index contributed by atoms with van der Waals surface area (Å²) in [6, 6.07) is 2.25. The minimum absolute atomic E-state index is 0.638. The lowest BCUT2D eigenvalue weighted by molar-refractivity contribution is 0.415. The fraction of sp³-hybridized carbons (Fsp3) is 0.800. The van der Waals surface area contributed by atoms with Gasteiger partial charge in [0.2, 0.25) is 0 Å². The summed E-state index contributed by atoms with van der Waals surface area (Å²) >= 11 is 0. The van der Waals surface area contributed by atoms with Crippen LogP contribution in [0.5, 0.6) is 0 Å². The van der Waals surface area contributed by atoms with Crippen LogP contribution in [0.15, 0.2) is 6.07 Å². The lowest BCUT2D eigenvalue weighted by atomic mass is 10.0. The Morgan fingerprint density at radius 3 is 2.67 bits per heavy atom. The van der Waals surface area contributed by atoms with Crippen LogP contribution in [0.4, 0.5) is 0 Å². The summed E-state index contributed by atoms with van der Waals surface area (Å²) in [7, 11) is 0. The third-order valence-electron chi connectivity index (χ3n) is 4.12. The van der Waals surface area contributed by atoms with E-state index in [1.807, 2.05) is 0 Å². The number of aryl methyl sites for hydroxylation is 2. The van der Waals surface area contributed by atoms with Crippen LogP contribution in [0, 0.1) is 5.41 Å². The predicted octanol–water partition coefficient (Wildman–Crippen LogP) is 3.14. The lowest BCUT2D eigenvalue weighted by Crippen LogP contribution is -2.24. The zero-order valence-electron chi connectivity index (χ0n) is 12.1. The molecule has 0 atom stereocenters. The van der Waals surface area contributed by atoms with Crippen molar-refractivity contribution in [2.45, 2.75) is 66.0 Å². The normalized spacial score (nSPS) is 17.1. The van der Waals surface area contributed by atoms with Crippen LogP contribution < -0.4 is 5.32 Å². The molecule has 3 nitrogen and oxygen atoms in total. The van der Waals surface area contributed by atoms with Crippen molar-refractivity contribution in [3.63, 3.8) is 0 Å². The van der Waals surface area contributed by atoms with Gasteiger partial charge in [0, 0.05) is 19.6 Å². The summed E-state index contributed by atoms with van der Waals surface area (Å²) in [6.07, 6.45) is 6.56. The maximum absolute atomic E-state index is 4.59. The average molecular weight is 249 g/mol. The van der Waals surface area contributed by atoms with Crippen molar-refractivity contribution >= 4 is 0 Å². The molecule has 1 N–H and O–H groups in total. The SMILES string of the molecule is CCCC1(CNCc2cc(CC)nn2CC)CC1. The Morgan fingerprint density at radius 1 is 1.33 bits per heavy atom. The molecule has 1 heterocycles. The number of rotatable bonds is 8. The van der Waals surface area contributed by atoms with Crippen molar-refractivity contribution < 1.29 is 0 Å².